The molecule has 0 unspecified atom stereocenters. The van der Waals surface area contributed by atoms with Crippen molar-refractivity contribution in [3.05, 3.63) is 29.8 Å². The van der Waals surface area contributed by atoms with E-state index in [0.29, 0.717) is 25.7 Å². The van der Waals surface area contributed by atoms with Crippen molar-refractivity contribution in [1.29, 1.82) is 0 Å². The Kier molecular flexibility index (Phi) is 4.65. The van der Waals surface area contributed by atoms with Gasteiger partial charge >= 0.3 is 5.97 Å². The van der Waals surface area contributed by atoms with Gasteiger partial charge in [-0.3, -0.25) is 9.59 Å². The summed E-state index contributed by atoms with van der Waals surface area (Å²) in [5, 5.41) is 2.82. The molecular formula is C14H17FN2O3. The molecule has 0 saturated heterocycles. The van der Waals surface area contributed by atoms with Gasteiger partial charge in [-0.1, -0.05) is 6.07 Å². The van der Waals surface area contributed by atoms with Crippen LogP contribution in [0.15, 0.2) is 18.2 Å². The molecule has 1 N–H and O–H groups in total. The number of amides is 1. The summed E-state index contributed by atoms with van der Waals surface area (Å²) in [5.74, 6) is -1.33. The van der Waals surface area contributed by atoms with Crippen LogP contribution in [0.1, 0.15) is 36.2 Å². The highest BCUT2D eigenvalue weighted by Crippen LogP contribution is 2.25. The van der Waals surface area contributed by atoms with Crippen LogP contribution in [0.25, 0.3) is 0 Å². The van der Waals surface area contributed by atoms with Crippen LogP contribution in [0.2, 0.25) is 0 Å². The lowest BCUT2D eigenvalue weighted by atomic mass is 9.86. The van der Waals surface area contributed by atoms with Gasteiger partial charge in [-0.15, -0.1) is 0 Å². The van der Waals surface area contributed by atoms with E-state index >= 15 is 0 Å². The van der Waals surface area contributed by atoms with E-state index < -0.39 is 5.95 Å². The maximum atomic E-state index is 12.9. The molecule has 0 radical (unpaired) electrons. The molecule has 20 heavy (non-hydrogen) atoms. The molecule has 1 aromatic rings. The fourth-order valence-corrected chi connectivity index (χ4v) is 2.43. The van der Waals surface area contributed by atoms with Gasteiger partial charge in [0.05, 0.1) is 13.0 Å². The zero-order valence-corrected chi connectivity index (χ0v) is 11.3. The third-order valence-electron chi connectivity index (χ3n) is 3.54. The summed E-state index contributed by atoms with van der Waals surface area (Å²) >= 11 is 0. The highest BCUT2D eigenvalue weighted by molar-refractivity contribution is 5.92. The minimum Gasteiger partial charge on any atom is -0.469 e. The average Bonchev–Trinajstić information content (AvgIpc) is 2.47. The van der Waals surface area contributed by atoms with Crippen molar-refractivity contribution in [2.24, 2.45) is 5.92 Å². The van der Waals surface area contributed by atoms with Crippen LogP contribution in [-0.4, -0.2) is 30.0 Å². The fourth-order valence-electron chi connectivity index (χ4n) is 2.43. The molecule has 0 aromatic carbocycles. The monoisotopic (exact) mass is 280 g/mol. The molecular weight excluding hydrogens is 263 g/mol. The molecule has 1 aromatic heterocycles. The number of esters is 1. The predicted octanol–water partition coefficient (Wildman–Crippen LogP) is 1.68. The number of carbonyl (C=O) groups excluding carboxylic acids is 2. The number of hydrogen-bond acceptors (Lipinski definition) is 4. The number of nitrogens with one attached hydrogen (secondary N) is 1. The van der Waals surface area contributed by atoms with Crippen molar-refractivity contribution in [3.8, 4) is 0 Å². The normalized spacial score (nSPS) is 22.1. The summed E-state index contributed by atoms with van der Waals surface area (Å²) in [4.78, 5) is 26.8. The third-order valence-corrected chi connectivity index (χ3v) is 3.54. The number of hydrogen-bond donors (Lipinski definition) is 1. The van der Waals surface area contributed by atoms with Crippen LogP contribution in [0.3, 0.4) is 0 Å². The first-order chi connectivity index (χ1) is 9.60. The number of aromatic nitrogens is 1. The van der Waals surface area contributed by atoms with Crippen LogP contribution in [-0.2, 0) is 9.53 Å². The number of halogens is 1. The zero-order valence-electron chi connectivity index (χ0n) is 11.3. The quantitative estimate of drug-likeness (QED) is 0.675. The molecule has 1 fully saturated rings. The van der Waals surface area contributed by atoms with E-state index in [1.165, 1.54) is 25.3 Å². The predicted molar refractivity (Wildman–Crippen MR) is 69.4 cm³/mol. The Bertz CT molecular complexity index is 499. The first kappa shape index (κ1) is 14.4. The molecule has 1 amide bonds. The molecule has 2 rings (SSSR count). The average molecular weight is 280 g/mol. The molecule has 1 aliphatic carbocycles. The molecule has 0 aliphatic heterocycles. The highest BCUT2D eigenvalue weighted by atomic mass is 19.1. The molecule has 0 spiro atoms. The fraction of sp³-hybridized carbons (Fsp3) is 0.500. The van der Waals surface area contributed by atoms with E-state index in [-0.39, 0.29) is 29.5 Å². The van der Waals surface area contributed by atoms with Crippen LogP contribution in [0, 0.1) is 11.9 Å². The second kappa shape index (κ2) is 6.45. The van der Waals surface area contributed by atoms with Gasteiger partial charge in [-0.25, -0.2) is 4.98 Å². The van der Waals surface area contributed by atoms with E-state index in [2.05, 4.69) is 10.3 Å². The van der Waals surface area contributed by atoms with Gasteiger partial charge in [-0.05, 0) is 37.8 Å². The number of rotatable bonds is 3. The van der Waals surface area contributed by atoms with E-state index in [0.717, 1.165) is 0 Å². The second-order valence-electron chi connectivity index (χ2n) is 4.89. The van der Waals surface area contributed by atoms with Gasteiger partial charge in [0.15, 0.2) is 0 Å². The lowest BCUT2D eigenvalue weighted by Gasteiger charge is -2.27. The summed E-state index contributed by atoms with van der Waals surface area (Å²) in [6.45, 7) is 0. The van der Waals surface area contributed by atoms with Gasteiger partial charge in [0.25, 0.3) is 5.91 Å². The van der Waals surface area contributed by atoms with Crippen LogP contribution in [0.4, 0.5) is 4.39 Å². The standard InChI is InChI=1S/C14H17FN2O3/c1-20-14(19)9-5-7-10(8-6-9)16-13(18)11-3-2-4-12(15)17-11/h2-4,9-10H,5-8H2,1H3,(H,16,18). The van der Waals surface area contributed by atoms with Gasteiger partial charge in [0.1, 0.15) is 5.69 Å². The SMILES string of the molecule is COC(=O)C1CCC(NC(=O)c2cccc(F)n2)CC1. The molecule has 5 nitrogen and oxygen atoms in total. The van der Waals surface area contributed by atoms with Gasteiger partial charge in [0.2, 0.25) is 5.95 Å². The summed E-state index contributed by atoms with van der Waals surface area (Å²) in [6.07, 6.45) is 2.80. The molecule has 108 valence electrons. The van der Waals surface area contributed by atoms with E-state index in [9.17, 15) is 14.0 Å². The van der Waals surface area contributed by atoms with Crippen molar-refractivity contribution < 1.29 is 18.7 Å². The Morgan fingerprint density at radius 1 is 1.30 bits per heavy atom. The molecule has 0 bridgehead atoms. The maximum Gasteiger partial charge on any atom is 0.308 e. The van der Waals surface area contributed by atoms with Crippen LogP contribution < -0.4 is 5.32 Å². The molecule has 1 heterocycles. The molecule has 6 heteroatoms. The minimum atomic E-state index is -0.674. The summed E-state index contributed by atoms with van der Waals surface area (Å²) < 4.78 is 17.7. The van der Waals surface area contributed by atoms with Gasteiger partial charge in [0, 0.05) is 6.04 Å². The number of nitrogens with zero attached hydrogens (tertiary/aromatic N) is 1. The number of carbonyl (C=O) groups is 2. The summed E-state index contributed by atoms with van der Waals surface area (Å²) in [5.41, 5.74) is 0.0695. The Labute approximate surface area is 116 Å². The van der Waals surface area contributed by atoms with Crippen molar-refractivity contribution in [1.82, 2.24) is 10.3 Å². The summed E-state index contributed by atoms with van der Waals surface area (Å²) in [7, 11) is 1.38. The first-order valence-electron chi connectivity index (χ1n) is 6.61. The van der Waals surface area contributed by atoms with Gasteiger partial charge in [-0.2, -0.15) is 4.39 Å². The smallest absolute Gasteiger partial charge is 0.308 e. The van der Waals surface area contributed by atoms with Gasteiger partial charge < -0.3 is 10.1 Å². The van der Waals surface area contributed by atoms with E-state index in [4.69, 9.17) is 4.74 Å². The molecule has 1 aliphatic rings. The third kappa shape index (κ3) is 3.53. The topological polar surface area (TPSA) is 68.3 Å². The van der Waals surface area contributed by atoms with Crippen molar-refractivity contribution in [2.45, 2.75) is 31.7 Å². The Morgan fingerprint density at radius 3 is 2.60 bits per heavy atom. The van der Waals surface area contributed by atoms with Crippen LogP contribution >= 0.6 is 0 Å². The second-order valence-corrected chi connectivity index (χ2v) is 4.89. The number of ether oxygens (including phenoxy) is 1. The first-order valence-corrected chi connectivity index (χ1v) is 6.61. The zero-order chi connectivity index (χ0) is 14.5. The Morgan fingerprint density at radius 2 is 2.00 bits per heavy atom. The highest BCUT2D eigenvalue weighted by Gasteiger charge is 2.27. The molecule has 1 saturated carbocycles. The van der Waals surface area contributed by atoms with E-state index in [1.807, 2.05) is 0 Å². The Balaban J connectivity index is 1.86. The van der Waals surface area contributed by atoms with Crippen molar-refractivity contribution >= 4 is 11.9 Å². The van der Waals surface area contributed by atoms with E-state index in [1.54, 1.807) is 0 Å². The lowest BCUT2D eigenvalue weighted by Crippen LogP contribution is -2.39. The van der Waals surface area contributed by atoms with Crippen molar-refractivity contribution in [3.63, 3.8) is 0 Å². The Hall–Kier alpha value is -1.98. The number of methoxy groups -OCH3 is 1. The summed E-state index contributed by atoms with van der Waals surface area (Å²) in [6, 6.07) is 4.11. The van der Waals surface area contributed by atoms with Crippen LogP contribution in [0.5, 0.6) is 0 Å². The maximum absolute atomic E-state index is 12.9. The number of pyridine rings is 1. The lowest BCUT2D eigenvalue weighted by molar-refractivity contribution is -0.146. The molecule has 0 atom stereocenters. The minimum absolute atomic E-state index is 0.00604. The largest absolute Gasteiger partial charge is 0.469 e. The van der Waals surface area contributed by atoms with Crippen molar-refractivity contribution in [2.75, 3.05) is 7.11 Å².